The van der Waals surface area contributed by atoms with Crippen molar-refractivity contribution in [1.29, 1.82) is 0 Å². The molecule has 0 fully saturated rings. The van der Waals surface area contributed by atoms with Gasteiger partial charge < -0.3 is 4.42 Å². The van der Waals surface area contributed by atoms with Gasteiger partial charge in [0.05, 0.1) is 18.6 Å². The molecule has 2 rings (SSSR count). The van der Waals surface area contributed by atoms with Crippen molar-refractivity contribution in [2.45, 2.75) is 31.5 Å². The molecule has 6 nitrogen and oxygen atoms in total. The molecule has 2 heterocycles. The van der Waals surface area contributed by atoms with Crippen LogP contribution in [0.2, 0.25) is 0 Å². The fourth-order valence-corrected chi connectivity index (χ4v) is 3.96. The van der Waals surface area contributed by atoms with E-state index in [2.05, 4.69) is 10.2 Å². The summed E-state index contributed by atoms with van der Waals surface area (Å²) < 4.78 is 29.8. The standard InChI is InChI=1S/C13H19N3O3S2/c1-10(2)12-14-15-13(20-7-8-21(3,17)18)16(12)9-11-5-4-6-19-11/h4-6,10H,7-9H2,1-3H3. The second-order valence-corrected chi connectivity index (χ2v) is 8.46. The number of nitrogens with zero attached hydrogens (tertiary/aromatic N) is 3. The Morgan fingerprint density at radius 2 is 2.14 bits per heavy atom. The molecule has 0 saturated heterocycles. The highest BCUT2D eigenvalue weighted by Crippen LogP contribution is 2.23. The maximum Gasteiger partial charge on any atom is 0.191 e. The van der Waals surface area contributed by atoms with Crippen LogP contribution in [0.5, 0.6) is 0 Å². The summed E-state index contributed by atoms with van der Waals surface area (Å²) in [4.78, 5) is 0. The minimum Gasteiger partial charge on any atom is -0.467 e. The van der Waals surface area contributed by atoms with E-state index in [0.29, 0.717) is 12.3 Å². The molecule has 0 N–H and O–H groups in total. The molecule has 21 heavy (non-hydrogen) atoms. The summed E-state index contributed by atoms with van der Waals surface area (Å²) in [5.41, 5.74) is 0. The number of rotatable bonds is 7. The molecule has 2 aromatic heterocycles. The lowest BCUT2D eigenvalue weighted by Crippen LogP contribution is -2.09. The van der Waals surface area contributed by atoms with Crippen molar-refractivity contribution in [1.82, 2.24) is 14.8 Å². The molecule has 0 amide bonds. The van der Waals surface area contributed by atoms with Crippen molar-refractivity contribution in [3.63, 3.8) is 0 Å². The van der Waals surface area contributed by atoms with Gasteiger partial charge in [0, 0.05) is 17.9 Å². The third-order valence-electron chi connectivity index (χ3n) is 2.84. The summed E-state index contributed by atoms with van der Waals surface area (Å²) in [7, 11) is -2.96. The summed E-state index contributed by atoms with van der Waals surface area (Å²) in [6, 6.07) is 3.74. The second-order valence-electron chi connectivity index (χ2n) is 5.14. The molecular formula is C13H19N3O3S2. The van der Waals surface area contributed by atoms with Crippen LogP contribution in [0.15, 0.2) is 28.0 Å². The Balaban J connectivity index is 2.16. The van der Waals surface area contributed by atoms with E-state index in [1.807, 2.05) is 30.5 Å². The van der Waals surface area contributed by atoms with Crippen molar-refractivity contribution in [3.8, 4) is 0 Å². The fourth-order valence-electron chi connectivity index (χ4n) is 1.83. The Kier molecular flexibility index (Phi) is 5.10. The van der Waals surface area contributed by atoms with Crippen LogP contribution in [0, 0.1) is 0 Å². The van der Waals surface area contributed by atoms with Gasteiger partial charge in [0.2, 0.25) is 0 Å². The highest BCUT2D eigenvalue weighted by Gasteiger charge is 2.17. The first kappa shape index (κ1) is 16.1. The van der Waals surface area contributed by atoms with Gasteiger partial charge in [-0.25, -0.2) is 8.42 Å². The van der Waals surface area contributed by atoms with Gasteiger partial charge in [-0.2, -0.15) is 0 Å². The van der Waals surface area contributed by atoms with Crippen molar-refractivity contribution in [2.24, 2.45) is 0 Å². The summed E-state index contributed by atoms with van der Waals surface area (Å²) in [5, 5.41) is 9.11. The maximum absolute atomic E-state index is 11.2. The largest absolute Gasteiger partial charge is 0.467 e. The van der Waals surface area contributed by atoms with Crippen molar-refractivity contribution < 1.29 is 12.8 Å². The first-order valence-electron chi connectivity index (χ1n) is 6.63. The quantitative estimate of drug-likeness (QED) is 0.725. The van der Waals surface area contributed by atoms with Crippen LogP contribution in [0.25, 0.3) is 0 Å². The SMILES string of the molecule is CC(C)c1nnc(SCCS(C)(=O)=O)n1Cc1ccco1. The molecule has 0 saturated carbocycles. The number of sulfone groups is 1. The van der Waals surface area contributed by atoms with E-state index in [-0.39, 0.29) is 11.7 Å². The minimum atomic E-state index is -2.96. The van der Waals surface area contributed by atoms with Gasteiger partial charge in [-0.1, -0.05) is 25.6 Å². The molecule has 0 aliphatic rings. The van der Waals surface area contributed by atoms with Gasteiger partial charge in [0.15, 0.2) is 5.16 Å². The number of furan rings is 1. The van der Waals surface area contributed by atoms with Crippen LogP contribution in [0.3, 0.4) is 0 Å². The lowest BCUT2D eigenvalue weighted by Gasteiger charge is -2.10. The molecule has 0 atom stereocenters. The monoisotopic (exact) mass is 329 g/mol. The molecule has 2 aromatic rings. The first-order valence-corrected chi connectivity index (χ1v) is 9.67. The molecule has 0 radical (unpaired) electrons. The van der Waals surface area contributed by atoms with E-state index in [1.165, 1.54) is 18.0 Å². The average molecular weight is 329 g/mol. The zero-order valence-corrected chi connectivity index (χ0v) is 13.9. The van der Waals surface area contributed by atoms with E-state index in [9.17, 15) is 8.42 Å². The lowest BCUT2D eigenvalue weighted by molar-refractivity contribution is 0.475. The Hall–Kier alpha value is -1.28. The van der Waals surface area contributed by atoms with Crippen LogP contribution in [-0.2, 0) is 16.4 Å². The molecule has 0 bridgehead atoms. The van der Waals surface area contributed by atoms with Crippen LogP contribution in [0.4, 0.5) is 0 Å². The molecule has 0 aliphatic heterocycles. The number of thioether (sulfide) groups is 1. The van der Waals surface area contributed by atoms with E-state index in [0.717, 1.165) is 16.7 Å². The second kappa shape index (κ2) is 6.65. The zero-order chi connectivity index (χ0) is 15.5. The van der Waals surface area contributed by atoms with Gasteiger partial charge >= 0.3 is 0 Å². The smallest absolute Gasteiger partial charge is 0.191 e. The van der Waals surface area contributed by atoms with E-state index < -0.39 is 9.84 Å². The highest BCUT2D eigenvalue weighted by atomic mass is 32.2. The van der Waals surface area contributed by atoms with Crippen molar-refractivity contribution in [3.05, 3.63) is 30.0 Å². The third-order valence-corrected chi connectivity index (χ3v) is 5.01. The Morgan fingerprint density at radius 3 is 2.71 bits per heavy atom. The molecule has 0 unspecified atom stereocenters. The summed E-state index contributed by atoms with van der Waals surface area (Å²) in [6.45, 7) is 4.65. The lowest BCUT2D eigenvalue weighted by atomic mass is 10.2. The molecule has 0 spiro atoms. The molecular weight excluding hydrogens is 310 g/mol. The fraction of sp³-hybridized carbons (Fsp3) is 0.538. The topological polar surface area (TPSA) is 78.0 Å². The van der Waals surface area contributed by atoms with Crippen molar-refractivity contribution >= 4 is 21.6 Å². The zero-order valence-electron chi connectivity index (χ0n) is 12.3. The van der Waals surface area contributed by atoms with Gasteiger partial charge in [-0.15, -0.1) is 10.2 Å². The van der Waals surface area contributed by atoms with Gasteiger partial charge in [0.1, 0.15) is 21.4 Å². The van der Waals surface area contributed by atoms with Crippen LogP contribution in [0.1, 0.15) is 31.4 Å². The van der Waals surface area contributed by atoms with E-state index in [4.69, 9.17) is 4.42 Å². The number of hydrogen-bond acceptors (Lipinski definition) is 6. The first-order chi connectivity index (χ1) is 9.87. The van der Waals surface area contributed by atoms with Crippen LogP contribution >= 0.6 is 11.8 Å². The van der Waals surface area contributed by atoms with Gasteiger partial charge in [-0.3, -0.25) is 4.57 Å². The predicted molar refractivity (Wildman–Crippen MR) is 82.4 cm³/mol. The van der Waals surface area contributed by atoms with Gasteiger partial charge in [0.25, 0.3) is 0 Å². The molecule has 0 aliphatic carbocycles. The summed E-state index contributed by atoms with van der Waals surface area (Å²) in [6.07, 6.45) is 2.87. The molecule has 116 valence electrons. The predicted octanol–water partition coefficient (Wildman–Crippen LogP) is 2.18. The highest BCUT2D eigenvalue weighted by molar-refractivity contribution is 8.00. The number of hydrogen-bond donors (Lipinski definition) is 0. The van der Waals surface area contributed by atoms with E-state index in [1.54, 1.807) is 6.26 Å². The van der Waals surface area contributed by atoms with Crippen LogP contribution < -0.4 is 0 Å². The maximum atomic E-state index is 11.2. The average Bonchev–Trinajstić information content (AvgIpc) is 2.99. The van der Waals surface area contributed by atoms with Crippen molar-refractivity contribution in [2.75, 3.05) is 17.8 Å². The summed E-state index contributed by atoms with van der Waals surface area (Å²) >= 11 is 1.40. The number of aromatic nitrogens is 3. The van der Waals surface area contributed by atoms with E-state index >= 15 is 0 Å². The Morgan fingerprint density at radius 1 is 1.38 bits per heavy atom. The Labute approximate surface area is 128 Å². The Bertz CT molecular complexity index is 676. The molecule has 0 aromatic carbocycles. The minimum absolute atomic E-state index is 0.127. The molecule has 8 heteroatoms. The van der Waals surface area contributed by atoms with Gasteiger partial charge in [-0.05, 0) is 12.1 Å². The summed E-state index contributed by atoms with van der Waals surface area (Å²) in [5.74, 6) is 2.52. The van der Waals surface area contributed by atoms with Crippen LogP contribution in [-0.4, -0.2) is 40.9 Å². The normalized spacial score (nSPS) is 12.2. The third kappa shape index (κ3) is 4.60.